The van der Waals surface area contributed by atoms with E-state index in [9.17, 15) is 9.59 Å². The Kier molecular flexibility index (Phi) is 7.29. The first-order valence-electron chi connectivity index (χ1n) is 12.1. The molecule has 2 aromatic heterocycles. The van der Waals surface area contributed by atoms with Crippen LogP contribution in [0.3, 0.4) is 0 Å². The van der Waals surface area contributed by atoms with E-state index in [0.29, 0.717) is 29.3 Å². The lowest BCUT2D eigenvalue weighted by Gasteiger charge is -2.16. The van der Waals surface area contributed by atoms with Gasteiger partial charge in [-0.3, -0.25) is 9.59 Å². The van der Waals surface area contributed by atoms with Crippen LogP contribution in [0.1, 0.15) is 54.0 Å². The van der Waals surface area contributed by atoms with Gasteiger partial charge in [-0.15, -0.1) is 0 Å². The Morgan fingerprint density at radius 2 is 1.81 bits per heavy atom. The summed E-state index contributed by atoms with van der Waals surface area (Å²) < 4.78 is 6.08. The van der Waals surface area contributed by atoms with Crippen LogP contribution < -0.4 is 10.1 Å². The minimum atomic E-state index is -0.288. The summed E-state index contributed by atoms with van der Waals surface area (Å²) in [5.41, 5.74) is 4.54. The number of nitrogens with zero attached hydrogens (tertiary/aromatic N) is 3. The molecule has 7 heteroatoms. The first-order valence-corrected chi connectivity index (χ1v) is 12.1. The Morgan fingerprint density at radius 1 is 1.03 bits per heavy atom. The number of aromatic nitrogens is 2. The molecule has 1 N–H and O–H groups in total. The molecule has 2 amide bonds. The van der Waals surface area contributed by atoms with Crippen LogP contribution in [0.15, 0.2) is 66.9 Å². The highest BCUT2D eigenvalue weighted by Gasteiger charge is 2.25. The molecule has 2 aromatic carbocycles. The van der Waals surface area contributed by atoms with Gasteiger partial charge in [0.15, 0.2) is 5.65 Å². The van der Waals surface area contributed by atoms with Crippen molar-refractivity contribution in [2.45, 2.75) is 40.3 Å². The van der Waals surface area contributed by atoms with Gasteiger partial charge in [0.05, 0.1) is 6.10 Å². The second-order valence-corrected chi connectivity index (χ2v) is 8.61. The van der Waals surface area contributed by atoms with Crippen molar-refractivity contribution in [2.24, 2.45) is 0 Å². The van der Waals surface area contributed by atoms with Crippen molar-refractivity contribution in [2.75, 3.05) is 12.4 Å². The number of fused-ring (bicyclic) bond motifs is 2. The molecule has 184 valence electrons. The Balaban J connectivity index is 0.00000148. The molecule has 1 aliphatic heterocycles. The van der Waals surface area contributed by atoms with Gasteiger partial charge in [0, 0.05) is 41.9 Å². The van der Waals surface area contributed by atoms with Gasteiger partial charge in [-0.05, 0) is 79.6 Å². The fourth-order valence-corrected chi connectivity index (χ4v) is 4.10. The van der Waals surface area contributed by atoms with E-state index in [1.165, 1.54) is 0 Å². The molecule has 0 unspecified atom stereocenters. The molecule has 0 saturated carbocycles. The standard InChI is InChI=1S/C27H24N4O3.C2H6/c1-16(2)34-23-14-19(26(32)30-24-11-8-17-5-4-12-28-25(17)29-24)7-9-21(23)18-6-10-22-20(13-18)15-31(3)27(22)33;1-2/h4-14,16H,15H2,1-3H3,(H,28,29,30,32);1-2H3. The maximum Gasteiger partial charge on any atom is 0.256 e. The van der Waals surface area contributed by atoms with Crippen molar-refractivity contribution in [1.82, 2.24) is 14.9 Å². The molecule has 0 bridgehead atoms. The number of rotatable bonds is 5. The molecule has 3 heterocycles. The fourth-order valence-electron chi connectivity index (χ4n) is 4.10. The van der Waals surface area contributed by atoms with Gasteiger partial charge in [-0.2, -0.15) is 0 Å². The smallest absolute Gasteiger partial charge is 0.256 e. The first-order chi connectivity index (χ1) is 17.4. The second-order valence-electron chi connectivity index (χ2n) is 8.61. The van der Waals surface area contributed by atoms with E-state index < -0.39 is 0 Å². The van der Waals surface area contributed by atoms with Crippen molar-refractivity contribution in [1.29, 1.82) is 0 Å². The van der Waals surface area contributed by atoms with Crippen molar-refractivity contribution in [3.05, 3.63) is 83.6 Å². The number of hydrogen-bond acceptors (Lipinski definition) is 5. The fraction of sp³-hybridized carbons (Fsp3) is 0.241. The maximum atomic E-state index is 13.0. The SMILES string of the molecule is CC.CC(C)Oc1cc(C(=O)Nc2ccc3cccnc3n2)ccc1-c1ccc2c(c1)CN(C)C2=O. The van der Waals surface area contributed by atoms with Crippen molar-refractivity contribution >= 4 is 28.7 Å². The lowest BCUT2D eigenvalue weighted by Crippen LogP contribution is -2.17. The number of nitrogens with one attached hydrogen (secondary N) is 1. The second kappa shape index (κ2) is 10.6. The summed E-state index contributed by atoms with van der Waals surface area (Å²) in [4.78, 5) is 35.6. The summed E-state index contributed by atoms with van der Waals surface area (Å²) in [6.45, 7) is 8.47. The number of benzene rings is 2. The first kappa shape index (κ1) is 24.9. The van der Waals surface area contributed by atoms with Gasteiger partial charge >= 0.3 is 0 Å². The molecular formula is C29H30N4O3. The normalized spacial score (nSPS) is 12.3. The Morgan fingerprint density at radius 3 is 2.58 bits per heavy atom. The summed E-state index contributed by atoms with van der Waals surface area (Å²) in [6, 6.07) is 18.6. The zero-order valence-corrected chi connectivity index (χ0v) is 21.2. The van der Waals surface area contributed by atoms with Crippen LogP contribution >= 0.6 is 0 Å². The lowest BCUT2D eigenvalue weighted by atomic mass is 9.98. The topological polar surface area (TPSA) is 84.4 Å². The molecular weight excluding hydrogens is 452 g/mol. The van der Waals surface area contributed by atoms with Crippen LogP contribution in [0.2, 0.25) is 0 Å². The Labute approximate surface area is 211 Å². The number of anilines is 1. The third-order valence-corrected chi connectivity index (χ3v) is 5.71. The third kappa shape index (κ3) is 5.05. The molecule has 0 saturated heterocycles. The van der Waals surface area contributed by atoms with Crippen LogP contribution in [-0.2, 0) is 6.54 Å². The molecule has 4 aromatic rings. The Bertz CT molecular complexity index is 1430. The van der Waals surface area contributed by atoms with E-state index in [-0.39, 0.29) is 17.9 Å². The number of pyridine rings is 2. The molecule has 0 atom stereocenters. The summed E-state index contributed by atoms with van der Waals surface area (Å²) in [7, 11) is 1.79. The molecule has 5 rings (SSSR count). The summed E-state index contributed by atoms with van der Waals surface area (Å²) in [5.74, 6) is 0.779. The number of carbonyl (C=O) groups is 2. The highest BCUT2D eigenvalue weighted by Crippen LogP contribution is 2.35. The molecule has 0 spiro atoms. The molecule has 0 aliphatic carbocycles. The Hall–Kier alpha value is -4.26. The maximum absolute atomic E-state index is 13.0. The van der Waals surface area contributed by atoms with Gasteiger partial charge in [0.1, 0.15) is 11.6 Å². The lowest BCUT2D eigenvalue weighted by molar-refractivity contribution is 0.0816. The molecule has 36 heavy (non-hydrogen) atoms. The van der Waals surface area contributed by atoms with Crippen molar-refractivity contribution < 1.29 is 14.3 Å². The van der Waals surface area contributed by atoms with Gasteiger partial charge in [0.2, 0.25) is 0 Å². The number of ether oxygens (including phenoxy) is 1. The van der Waals surface area contributed by atoms with Crippen LogP contribution in [0.25, 0.3) is 22.2 Å². The largest absolute Gasteiger partial charge is 0.490 e. The zero-order chi connectivity index (χ0) is 25.8. The highest BCUT2D eigenvalue weighted by molar-refractivity contribution is 6.05. The number of amides is 2. The molecule has 1 aliphatic rings. The van der Waals surface area contributed by atoms with E-state index in [0.717, 1.165) is 27.6 Å². The molecule has 0 radical (unpaired) electrons. The summed E-state index contributed by atoms with van der Waals surface area (Å²) in [5, 5.41) is 3.75. The predicted molar refractivity (Wildman–Crippen MR) is 142 cm³/mol. The van der Waals surface area contributed by atoms with E-state index in [1.54, 1.807) is 36.3 Å². The van der Waals surface area contributed by atoms with Crippen molar-refractivity contribution in [3.8, 4) is 16.9 Å². The van der Waals surface area contributed by atoms with Gasteiger partial charge in [-0.1, -0.05) is 19.9 Å². The van der Waals surface area contributed by atoms with E-state index in [2.05, 4.69) is 15.3 Å². The van der Waals surface area contributed by atoms with Gasteiger partial charge in [0.25, 0.3) is 11.8 Å². The van der Waals surface area contributed by atoms with Gasteiger partial charge < -0.3 is 15.0 Å². The molecule has 0 fully saturated rings. The third-order valence-electron chi connectivity index (χ3n) is 5.71. The quantitative estimate of drug-likeness (QED) is 0.380. The predicted octanol–water partition coefficient (Wildman–Crippen LogP) is 5.95. The van der Waals surface area contributed by atoms with Crippen LogP contribution in [-0.4, -0.2) is 39.8 Å². The monoisotopic (exact) mass is 482 g/mol. The van der Waals surface area contributed by atoms with Crippen LogP contribution in [0.5, 0.6) is 5.75 Å². The summed E-state index contributed by atoms with van der Waals surface area (Å²) >= 11 is 0. The minimum Gasteiger partial charge on any atom is -0.490 e. The van der Waals surface area contributed by atoms with Gasteiger partial charge in [-0.25, -0.2) is 9.97 Å². The van der Waals surface area contributed by atoms with Crippen molar-refractivity contribution in [3.63, 3.8) is 0 Å². The van der Waals surface area contributed by atoms with E-state index in [1.807, 2.05) is 70.2 Å². The molecule has 7 nitrogen and oxygen atoms in total. The zero-order valence-electron chi connectivity index (χ0n) is 21.2. The van der Waals surface area contributed by atoms with E-state index >= 15 is 0 Å². The van der Waals surface area contributed by atoms with Crippen LogP contribution in [0.4, 0.5) is 5.82 Å². The number of hydrogen-bond donors (Lipinski definition) is 1. The van der Waals surface area contributed by atoms with E-state index in [4.69, 9.17) is 4.74 Å². The average molecular weight is 483 g/mol. The highest BCUT2D eigenvalue weighted by atomic mass is 16.5. The van der Waals surface area contributed by atoms with Crippen LogP contribution in [0, 0.1) is 0 Å². The average Bonchev–Trinajstić information content (AvgIpc) is 3.17. The number of carbonyl (C=O) groups excluding carboxylic acids is 2. The minimum absolute atomic E-state index is 0.0322. The summed E-state index contributed by atoms with van der Waals surface area (Å²) in [6.07, 6.45) is 1.59.